The van der Waals surface area contributed by atoms with E-state index < -0.39 is 0 Å². The highest BCUT2D eigenvalue weighted by atomic mass is 32.2. The van der Waals surface area contributed by atoms with E-state index in [1.165, 1.54) is 27.6 Å². The number of hydrogen-bond donors (Lipinski definition) is 1. The second-order valence-electron chi connectivity index (χ2n) is 5.32. The van der Waals surface area contributed by atoms with Crippen molar-refractivity contribution < 1.29 is 0 Å². The van der Waals surface area contributed by atoms with Crippen LogP contribution in [-0.4, -0.2) is 15.9 Å². The number of aryl methyl sites for hydroxylation is 2. The summed E-state index contributed by atoms with van der Waals surface area (Å²) in [4.78, 5) is 5.61. The van der Waals surface area contributed by atoms with Crippen LogP contribution in [0.3, 0.4) is 0 Å². The van der Waals surface area contributed by atoms with Gasteiger partial charge in [0.15, 0.2) is 4.34 Å². The third-order valence-electron chi connectivity index (χ3n) is 2.90. The minimum Gasteiger partial charge on any atom is -0.312 e. The van der Waals surface area contributed by atoms with Crippen LogP contribution in [0.25, 0.3) is 0 Å². The molecule has 0 spiro atoms. The summed E-state index contributed by atoms with van der Waals surface area (Å²) in [5.41, 5.74) is 2.69. The SMILES string of the molecule is Cc1nsc(Sc2ccc(CNCC(C)C)c(C)c2)n1. The zero-order valence-electron chi connectivity index (χ0n) is 12.4. The minimum atomic E-state index is 0.686. The lowest BCUT2D eigenvalue weighted by molar-refractivity contribution is 0.551. The van der Waals surface area contributed by atoms with Crippen LogP contribution in [0.4, 0.5) is 0 Å². The topological polar surface area (TPSA) is 37.8 Å². The Bertz CT molecular complexity index is 564. The summed E-state index contributed by atoms with van der Waals surface area (Å²) >= 11 is 3.15. The Balaban J connectivity index is 1.98. The molecule has 0 aliphatic heterocycles. The van der Waals surface area contributed by atoms with Gasteiger partial charge in [0.1, 0.15) is 5.82 Å². The maximum atomic E-state index is 4.39. The molecule has 20 heavy (non-hydrogen) atoms. The molecular weight excluding hydrogens is 286 g/mol. The van der Waals surface area contributed by atoms with Crippen molar-refractivity contribution in [3.05, 3.63) is 35.2 Å². The summed E-state index contributed by atoms with van der Waals surface area (Å²) in [7, 11) is 0. The highest BCUT2D eigenvalue weighted by molar-refractivity contribution is 8.01. The number of benzene rings is 1. The van der Waals surface area contributed by atoms with Crippen LogP contribution in [0.1, 0.15) is 30.8 Å². The molecule has 0 atom stereocenters. The first kappa shape index (κ1) is 15.5. The maximum Gasteiger partial charge on any atom is 0.174 e. The quantitative estimate of drug-likeness (QED) is 0.873. The highest BCUT2D eigenvalue weighted by Crippen LogP contribution is 2.30. The smallest absolute Gasteiger partial charge is 0.174 e. The number of nitrogens with one attached hydrogen (secondary N) is 1. The third-order valence-corrected chi connectivity index (χ3v) is 4.73. The highest BCUT2D eigenvalue weighted by Gasteiger charge is 2.05. The van der Waals surface area contributed by atoms with Crippen LogP contribution < -0.4 is 5.32 Å². The predicted molar refractivity (Wildman–Crippen MR) is 86.5 cm³/mol. The maximum absolute atomic E-state index is 4.39. The Morgan fingerprint density at radius 2 is 2.10 bits per heavy atom. The fourth-order valence-electron chi connectivity index (χ4n) is 1.85. The Labute approximate surface area is 129 Å². The van der Waals surface area contributed by atoms with Crippen molar-refractivity contribution in [2.75, 3.05) is 6.54 Å². The van der Waals surface area contributed by atoms with Gasteiger partial charge in [-0.1, -0.05) is 31.7 Å². The van der Waals surface area contributed by atoms with Gasteiger partial charge < -0.3 is 5.32 Å². The van der Waals surface area contributed by atoms with E-state index in [1.807, 2.05) is 6.92 Å². The van der Waals surface area contributed by atoms with E-state index in [2.05, 4.69) is 53.6 Å². The van der Waals surface area contributed by atoms with Crippen LogP contribution >= 0.6 is 23.3 Å². The van der Waals surface area contributed by atoms with Gasteiger partial charge in [0.2, 0.25) is 0 Å². The zero-order valence-corrected chi connectivity index (χ0v) is 14.1. The van der Waals surface area contributed by atoms with E-state index in [0.29, 0.717) is 5.92 Å². The van der Waals surface area contributed by atoms with Gasteiger partial charge in [0.05, 0.1) is 0 Å². The number of nitrogens with zero attached hydrogens (tertiary/aromatic N) is 2. The van der Waals surface area contributed by atoms with Crippen LogP contribution in [0.2, 0.25) is 0 Å². The molecule has 0 aliphatic carbocycles. The Kier molecular flexibility index (Phi) is 5.57. The molecule has 108 valence electrons. The standard InChI is InChI=1S/C15H21N3S2/c1-10(2)8-16-9-13-5-6-14(7-11(13)3)19-15-17-12(4)18-20-15/h5-7,10,16H,8-9H2,1-4H3. The fourth-order valence-corrected chi connectivity index (χ4v) is 3.57. The molecule has 5 heteroatoms. The summed E-state index contributed by atoms with van der Waals surface area (Å²) in [6.45, 7) is 10.5. The van der Waals surface area contributed by atoms with Crippen molar-refractivity contribution in [2.45, 2.75) is 43.5 Å². The van der Waals surface area contributed by atoms with Crippen LogP contribution in [-0.2, 0) is 6.54 Å². The fraction of sp³-hybridized carbons (Fsp3) is 0.467. The molecule has 1 aromatic heterocycles. The lowest BCUT2D eigenvalue weighted by atomic mass is 10.1. The van der Waals surface area contributed by atoms with Gasteiger partial charge in [0.25, 0.3) is 0 Å². The molecule has 1 aromatic carbocycles. The molecule has 0 amide bonds. The van der Waals surface area contributed by atoms with Gasteiger partial charge in [-0.25, -0.2) is 4.98 Å². The molecule has 0 aliphatic rings. The van der Waals surface area contributed by atoms with Crippen molar-refractivity contribution in [3.8, 4) is 0 Å². The van der Waals surface area contributed by atoms with Gasteiger partial charge in [-0.15, -0.1) is 0 Å². The molecule has 2 aromatic rings. The van der Waals surface area contributed by atoms with Crippen molar-refractivity contribution in [1.29, 1.82) is 0 Å². The zero-order chi connectivity index (χ0) is 14.5. The molecule has 0 saturated carbocycles. The van der Waals surface area contributed by atoms with Crippen LogP contribution in [0, 0.1) is 19.8 Å². The van der Waals surface area contributed by atoms with E-state index in [-0.39, 0.29) is 0 Å². The molecule has 0 fully saturated rings. The van der Waals surface area contributed by atoms with Crippen molar-refractivity contribution >= 4 is 23.3 Å². The first-order valence-corrected chi connectivity index (χ1v) is 8.42. The molecule has 0 bridgehead atoms. The van der Waals surface area contributed by atoms with E-state index in [1.54, 1.807) is 11.8 Å². The summed E-state index contributed by atoms with van der Waals surface area (Å²) in [5.74, 6) is 1.54. The predicted octanol–water partition coefficient (Wildman–Crippen LogP) is 4.05. The van der Waals surface area contributed by atoms with E-state index in [0.717, 1.165) is 23.3 Å². The average molecular weight is 307 g/mol. The van der Waals surface area contributed by atoms with Gasteiger partial charge in [-0.05, 0) is 61.1 Å². The molecule has 1 heterocycles. The summed E-state index contributed by atoms with van der Waals surface area (Å²) in [6.07, 6.45) is 0. The van der Waals surface area contributed by atoms with E-state index in [9.17, 15) is 0 Å². The summed E-state index contributed by atoms with van der Waals surface area (Å²) in [6, 6.07) is 6.60. The molecule has 0 saturated heterocycles. The Morgan fingerprint density at radius 3 is 2.70 bits per heavy atom. The van der Waals surface area contributed by atoms with E-state index in [4.69, 9.17) is 0 Å². The Hall–Kier alpha value is -0.910. The average Bonchev–Trinajstić information content (AvgIpc) is 2.77. The van der Waals surface area contributed by atoms with Gasteiger partial charge >= 0.3 is 0 Å². The lowest BCUT2D eigenvalue weighted by Crippen LogP contribution is -2.19. The van der Waals surface area contributed by atoms with E-state index >= 15 is 0 Å². The molecule has 2 rings (SSSR count). The number of aromatic nitrogens is 2. The minimum absolute atomic E-state index is 0.686. The largest absolute Gasteiger partial charge is 0.312 e. The van der Waals surface area contributed by atoms with Crippen molar-refractivity contribution in [1.82, 2.24) is 14.7 Å². The van der Waals surface area contributed by atoms with Crippen LogP contribution in [0.5, 0.6) is 0 Å². The monoisotopic (exact) mass is 307 g/mol. The van der Waals surface area contributed by atoms with Gasteiger partial charge in [0, 0.05) is 11.4 Å². The third kappa shape index (κ3) is 4.58. The molecule has 0 radical (unpaired) electrons. The molecule has 1 N–H and O–H groups in total. The first-order valence-electron chi connectivity index (χ1n) is 6.83. The van der Waals surface area contributed by atoms with Gasteiger partial charge in [-0.3, -0.25) is 0 Å². The number of hydrogen-bond acceptors (Lipinski definition) is 5. The van der Waals surface area contributed by atoms with Crippen molar-refractivity contribution in [3.63, 3.8) is 0 Å². The molecule has 3 nitrogen and oxygen atoms in total. The first-order chi connectivity index (χ1) is 9.54. The Morgan fingerprint density at radius 1 is 1.30 bits per heavy atom. The molecular formula is C15H21N3S2. The normalized spacial score (nSPS) is 11.2. The summed E-state index contributed by atoms with van der Waals surface area (Å²) in [5, 5.41) is 3.49. The lowest BCUT2D eigenvalue weighted by Gasteiger charge is -2.10. The second-order valence-corrected chi connectivity index (χ2v) is 7.40. The van der Waals surface area contributed by atoms with Crippen LogP contribution in [0.15, 0.2) is 27.4 Å². The second kappa shape index (κ2) is 7.20. The summed E-state index contributed by atoms with van der Waals surface area (Å²) < 4.78 is 5.22. The molecule has 0 unspecified atom stereocenters. The van der Waals surface area contributed by atoms with Gasteiger partial charge in [-0.2, -0.15) is 4.37 Å². The van der Waals surface area contributed by atoms with Crippen molar-refractivity contribution in [2.24, 2.45) is 5.92 Å². The number of rotatable bonds is 6.